The van der Waals surface area contributed by atoms with Crippen LogP contribution >= 0.6 is 0 Å². The molecule has 2 bridgehead atoms. The van der Waals surface area contributed by atoms with Crippen LogP contribution in [0.2, 0.25) is 0 Å². The third-order valence-corrected chi connectivity index (χ3v) is 4.69. The van der Waals surface area contributed by atoms with E-state index in [4.69, 9.17) is 9.47 Å². The number of rotatable bonds is 4. The van der Waals surface area contributed by atoms with Gasteiger partial charge in [-0.2, -0.15) is 0 Å². The van der Waals surface area contributed by atoms with E-state index in [2.05, 4.69) is 11.9 Å². The van der Waals surface area contributed by atoms with Crippen LogP contribution in [-0.2, 0) is 23.9 Å². The first-order valence-electron chi connectivity index (χ1n) is 7.82. The molecule has 0 aromatic rings. The van der Waals surface area contributed by atoms with E-state index in [9.17, 15) is 14.4 Å². The predicted octanol–water partition coefficient (Wildman–Crippen LogP) is -0.00300. The van der Waals surface area contributed by atoms with Gasteiger partial charge in [0.2, 0.25) is 11.8 Å². The highest BCUT2D eigenvalue weighted by molar-refractivity contribution is 5.89. The van der Waals surface area contributed by atoms with Gasteiger partial charge < -0.3 is 19.7 Å². The Labute approximate surface area is 135 Å². The summed E-state index contributed by atoms with van der Waals surface area (Å²) in [5, 5.41) is 2.39. The van der Waals surface area contributed by atoms with Gasteiger partial charge in [-0.3, -0.25) is 14.4 Å². The molecule has 7 nitrogen and oxygen atoms in total. The number of likely N-dealkylation sites (tertiary alicyclic amines) is 1. The van der Waals surface area contributed by atoms with Crippen LogP contribution in [0.1, 0.15) is 27.2 Å². The fourth-order valence-corrected chi connectivity index (χ4v) is 3.88. The first kappa shape index (κ1) is 16.0. The van der Waals surface area contributed by atoms with E-state index >= 15 is 0 Å². The molecule has 0 saturated carbocycles. The number of esters is 1. The summed E-state index contributed by atoms with van der Waals surface area (Å²) in [5.41, 5.74) is -0.362. The molecule has 0 aromatic heterocycles. The van der Waals surface area contributed by atoms with E-state index in [0.29, 0.717) is 6.42 Å². The third-order valence-electron chi connectivity index (χ3n) is 4.69. The molecular weight excluding hydrogens is 300 g/mol. The van der Waals surface area contributed by atoms with Gasteiger partial charge in [-0.15, -0.1) is 0 Å². The first-order valence-corrected chi connectivity index (χ1v) is 7.82. The minimum atomic E-state index is -0.536. The Morgan fingerprint density at radius 3 is 2.78 bits per heavy atom. The van der Waals surface area contributed by atoms with Crippen LogP contribution in [0.3, 0.4) is 0 Å². The number of hydrogen-bond acceptors (Lipinski definition) is 5. The van der Waals surface area contributed by atoms with Crippen molar-refractivity contribution in [2.24, 2.45) is 5.92 Å². The summed E-state index contributed by atoms with van der Waals surface area (Å²) in [7, 11) is 0. The number of ether oxygens (including phenoxy) is 2. The van der Waals surface area contributed by atoms with Crippen LogP contribution in [0.4, 0.5) is 0 Å². The molecule has 0 radical (unpaired) electrons. The Balaban J connectivity index is 1.72. The van der Waals surface area contributed by atoms with Crippen molar-refractivity contribution in [2.45, 2.75) is 57.1 Å². The molecule has 126 valence electrons. The van der Waals surface area contributed by atoms with E-state index in [0.717, 1.165) is 6.08 Å². The van der Waals surface area contributed by atoms with Crippen molar-refractivity contribution in [3.8, 4) is 0 Å². The smallest absolute Gasteiger partial charge is 0.325 e. The lowest BCUT2D eigenvalue weighted by molar-refractivity contribution is -0.155. The van der Waals surface area contributed by atoms with Crippen molar-refractivity contribution in [1.29, 1.82) is 0 Å². The van der Waals surface area contributed by atoms with Gasteiger partial charge in [0.05, 0.1) is 24.2 Å². The lowest BCUT2D eigenvalue weighted by Gasteiger charge is -2.38. The highest BCUT2D eigenvalue weighted by Crippen LogP contribution is 2.50. The minimum Gasteiger partial charge on any atom is -0.456 e. The van der Waals surface area contributed by atoms with E-state index in [1.807, 2.05) is 20.8 Å². The number of nitrogens with zero attached hydrogens (tertiary/aromatic N) is 1. The Bertz CT molecular complexity index is 567. The minimum absolute atomic E-state index is 0.0773. The third kappa shape index (κ3) is 2.52. The molecule has 5 atom stereocenters. The largest absolute Gasteiger partial charge is 0.456 e. The number of hydrogen-bond donors (Lipinski definition) is 1. The average Bonchev–Trinajstić information content (AvgIpc) is 3.07. The van der Waals surface area contributed by atoms with Crippen LogP contribution in [-0.4, -0.2) is 59.1 Å². The second-order valence-electron chi connectivity index (χ2n) is 7.23. The van der Waals surface area contributed by atoms with Crippen molar-refractivity contribution in [3.63, 3.8) is 0 Å². The van der Waals surface area contributed by atoms with E-state index < -0.39 is 18.0 Å². The summed E-state index contributed by atoms with van der Waals surface area (Å²) >= 11 is 0. The molecule has 3 aliphatic heterocycles. The molecule has 2 amide bonds. The lowest BCUT2D eigenvalue weighted by Crippen LogP contribution is -2.54. The SMILES string of the molecule is C=CC(=O)NCC(=O)OC1C2CC3C(=O)N(C(C)(C)C)C1C3O2. The van der Waals surface area contributed by atoms with E-state index in [-0.39, 0.29) is 42.2 Å². The molecular formula is C16H22N2O5. The Kier molecular flexibility index (Phi) is 3.71. The monoisotopic (exact) mass is 322 g/mol. The molecule has 0 aliphatic carbocycles. The van der Waals surface area contributed by atoms with Gasteiger partial charge in [-0.25, -0.2) is 0 Å². The number of carbonyl (C=O) groups excluding carboxylic acids is 3. The van der Waals surface area contributed by atoms with Gasteiger partial charge in [0.1, 0.15) is 6.54 Å². The summed E-state index contributed by atoms with van der Waals surface area (Å²) in [6.07, 6.45) is 0.756. The first-order chi connectivity index (χ1) is 10.7. The standard InChI is InChI=1S/C16H22N2O5/c1-5-10(19)17-7-11(20)23-14-9-6-8-13(22-9)12(14)18(15(8)21)16(2,3)4/h5,8-9,12-14H,1,6-7H2,2-4H3,(H,17,19). The molecule has 5 unspecified atom stereocenters. The Morgan fingerprint density at radius 2 is 2.17 bits per heavy atom. The van der Waals surface area contributed by atoms with Gasteiger partial charge in [-0.1, -0.05) is 6.58 Å². The van der Waals surface area contributed by atoms with Gasteiger partial charge in [-0.05, 0) is 33.3 Å². The van der Waals surface area contributed by atoms with Crippen molar-refractivity contribution in [2.75, 3.05) is 6.54 Å². The number of carbonyl (C=O) groups is 3. The van der Waals surface area contributed by atoms with Gasteiger partial charge in [0, 0.05) is 5.54 Å². The number of amides is 2. The van der Waals surface area contributed by atoms with Crippen LogP contribution in [0.25, 0.3) is 0 Å². The van der Waals surface area contributed by atoms with Crippen molar-refractivity contribution in [1.82, 2.24) is 10.2 Å². The van der Waals surface area contributed by atoms with Crippen LogP contribution < -0.4 is 5.32 Å². The predicted molar refractivity (Wildman–Crippen MR) is 80.2 cm³/mol. The lowest BCUT2D eigenvalue weighted by atomic mass is 9.87. The molecule has 7 heteroatoms. The van der Waals surface area contributed by atoms with Crippen LogP contribution in [0.5, 0.6) is 0 Å². The Morgan fingerprint density at radius 1 is 1.48 bits per heavy atom. The van der Waals surface area contributed by atoms with Crippen molar-refractivity contribution >= 4 is 17.8 Å². The molecule has 0 aromatic carbocycles. The van der Waals surface area contributed by atoms with Gasteiger partial charge >= 0.3 is 5.97 Å². The van der Waals surface area contributed by atoms with E-state index in [1.54, 1.807) is 4.90 Å². The molecule has 23 heavy (non-hydrogen) atoms. The fraction of sp³-hybridized carbons (Fsp3) is 0.688. The second-order valence-corrected chi connectivity index (χ2v) is 7.23. The summed E-state index contributed by atoms with van der Waals surface area (Å²) in [6, 6.07) is -0.245. The molecule has 0 spiro atoms. The summed E-state index contributed by atoms with van der Waals surface area (Å²) in [4.78, 5) is 37.5. The zero-order chi connectivity index (χ0) is 16.9. The normalized spacial score (nSPS) is 34.7. The summed E-state index contributed by atoms with van der Waals surface area (Å²) < 4.78 is 11.4. The maximum atomic E-state index is 12.6. The average molecular weight is 322 g/mol. The van der Waals surface area contributed by atoms with E-state index in [1.165, 1.54) is 0 Å². The maximum absolute atomic E-state index is 12.6. The topological polar surface area (TPSA) is 84.9 Å². The Hall–Kier alpha value is -1.89. The summed E-state index contributed by atoms with van der Waals surface area (Å²) in [5.74, 6) is -1.02. The molecule has 3 fully saturated rings. The van der Waals surface area contributed by atoms with Crippen molar-refractivity contribution in [3.05, 3.63) is 12.7 Å². The molecule has 3 aliphatic rings. The highest BCUT2D eigenvalue weighted by atomic mass is 16.6. The number of nitrogens with one attached hydrogen (secondary N) is 1. The number of fused-ring (bicyclic) bond motifs is 1. The fourth-order valence-electron chi connectivity index (χ4n) is 3.88. The molecule has 3 saturated heterocycles. The molecule has 3 rings (SSSR count). The second kappa shape index (κ2) is 5.33. The van der Waals surface area contributed by atoms with Crippen LogP contribution in [0.15, 0.2) is 12.7 Å². The van der Waals surface area contributed by atoms with Crippen LogP contribution in [0, 0.1) is 5.92 Å². The maximum Gasteiger partial charge on any atom is 0.325 e. The highest BCUT2D eigenvalue weighted by Gasteiger charge is 2.67. The van der Waals surface area contributed by atoms with Gasteiger partial charge in [0.15, 0.2) is 6.10 Å². The van der Waals surface area contributed by atoms with Crippen molar-refractivity contribution < 1.29 is 23.9 Å². The quantitative estimate of drug-likeness (QED) is 0.581. The zero-order valence-corrected chi connectivity index (χ0v) is 13.6. The molecule has 1 N–H and O–H groups in total. The van der Waals surface area contributed by atoms with Gasteiger partial charge in [0.25, 0.3) is 0 Å². The summed E-state index contributed by atoms with van der Waals surface area (Å²) in [6.45, 7) is 8.99. The molecule has 3 heterocycles. The zero-order valence-electron chi connectivity index (χ0n) is 13.6.